The molecule has 2 aromatic heterocycles. The van der Waals surface area contributed by atoms with Crippen LogP contribution in [0.1, 0.15) is 25.5 Å². The van der Waals surface area contributed by atoms with E-state index in [-0.39, 0.29) is 18.4 Å². The van der Waals surface area contributed by atoms with Crippen LogP contribution in [-0.4, -0.2) is 51.6 Å². The molecule has 2 aromatic rings. The smallest absolute Gasteiger partial charge is 0.236 e. The van der Waals surface area contributed by atoms with Crippen LogP contribution in [0, 0.1) is 24.2 Å². The third-order valence-corrected chi connectivity index (χ3v) is 4.83. The van der Waals surface area contributed by atoms with Gasteiger partial charge < -0.3 is 9.80 Å². The summed E-state index contributed by atoms with van der Waals surface area (Å²) in [6.07, 6.45) is 2.62. The summed E-state index contributed by atoms with van der Waals surface area (Å²) in [7, 11) is 2.04. The van der Waals surface area contributed by atoms with Gasteiger partial charge in [-0.1, -0.05) is 6.92 Å². The number of likely N-dealkylation sites (tertiary alicyclic amines) is 1. The highest BCUT2D eigenvalue weighted by Crippen LogP contribution is 2.26. The van der Waals surface area contributed by atoms with Crippen molar-refractivity contribution in [2.75, 3.05) is 25.0 Å². The fraction of sp³-hybridized carbons (Fsp3) is 0.529. The van der Waals surface area contributed by atoms with E-state index in [4.69, 9.17) is 5.26 Å². The molecule has 7 nitrogen and oxygen atoms in total. The molecule has 24 heavy (non-hydrogen) atoms. The van der Waals surface area contributed by atoms with Crippen molar-refractivity contribution in [2.45, 2.75) is 32.7 Å². The topological polar surface area (TPSA) is 77.5 Å². The molecule has 1 saturated heterocycles. The lowest BCUT2D eigenvalue weighted by atomic mass is 9.92. The first-order valence-corrected chi connectivity index (χ1v) is 8.20. The summed E-state index contributed by atoms with van der Waals surface area (Å²) in [5, 5.41) is 13.1. The number of carbonyl (C=O) groups excluding carboxylic acids is 1. The number of nitriles is 1. The van der Waals surface area contributed by atoms with E-state index in [0.717, 1.165) is 30.1 Å². The molecule has 7 heteroatoms. The van der Waals surface area contributed by atoms with Crippen LogP contribution >= 0.6 is 0 Å². The van der Waals surface area contributed by atoms with Gasteiger partial charge in [0.2, 0.25) is 5.91 Å². The SMILES string of the molecule is Cc1cc(N(C)C2CN(C(=O)CC#N)CCC2C)n2nccc2n1. The van der Waals surface area contributed by atoms with E-state index in [2.05, 4.69) is 21.9 Å². The third kappa shape index (κ3) is 2.92. The van der Waals surface area contributed by atoms with Crippen molar-refractivity contribution in [1.82, 2.24) is 19.5 Å². The van der Waals surface area contributed by atoms with Gasteiger partial charge in [-0.3, -0.25) is 4.79 Å². The summed E-state index contributed by atoms with van der Waals surface area (Å²) in [5.74, 6) is 1.33. The van der Waals surface area contributed by atoms with Crippen LogP contribution in [0.2, 0.25) is 0 Å². The maximum Gasteiger partial charge on any atom is 0.236 e. The zero-order valence-electron chi connectivity index (χ0n) is 14.3. The second-order valence-corrected chi connectivity index (χ2v) is 6.48. The van der Waals surface area contributed by atoms with Crippen molar-refractivity contribution < 1.29 is 4.79 Å². The molecule has 0 bridgehead atoms. The molecule has 1 aliphatic rings. The molecule has 0 spiro atoms. The van der Waals surface area contributed by atoms with E-state index in [1.807, 2.05) is 36.7 Å². The summed E-state index contributed by atoms with van der Waals surface area (Å²) >= 11 is 0. The minimum absolute atomic E-state index is 0.0530. The Kier molecular flexibility index (Phi) is 4.38. The lowest BCUT2D eigenvalue weighted by Gasteiger charge is -2.42. The second kappa shape index (κ2) is 6.48. The Hall–Kier alpha value is -2.62. The highest BCUT2D eigenvalue weighted by molar-refractivity contribution is 5.78. The van der Waals surface area contributed by atoms with E-state index < -0.39 is 0 Å². The van der Waals surface area contributed by atoms with Gasteiger partial charge in [0, 0.05) is 38.0 Å². The van der Waals surface area contributed by atoms with Crippen molar-refractivity contribution in [2.24, 2.45) is 5.92 Å². The summed E-state index contributed by atoms with van der Waals surface area (Å²) in [6, 6.07) is 6.03. The number of hydrogen-bond donors (Lipinski definition) is 0. The maximum absolute atomic E-state index is 12.1. The van der Waals surface area contributed by atoms with E-state index in [1.165, 1.54) is 0 Å². The van der Waals surface area contributed by atoms with Crippen molar-refractivity contribution >= 4 is 17.4 Å². The molecular formula is C17H22N6O. The van der Waals surface area contributed by atoms with E-state index >= 15 is 0 Å². The monoisotopic (exact) mass is 326 g/mol. The van der Waals surface area contributed by atoms with Crippen LogP contribution in [-0.2, 0) is 4.79 Å². The van der Waals surface area contributed by atoms with Crippen molar-refractivity contribution in [3.8, 4) is 6.07 Å². The van der Waals surface area contributed by atoms with E-state index in [1.54, 1.807) is 11.1 Å². The average Bonchev–Trinajstić information content (AvgIpc) is 3.02. The molecule has 0 radical (unpaired) electrons. The van der Waals surface area contributed by atoms with Crippen LogP contribution in [0.25, 0.3) is 5.65 Å². The van der Waals surface area contributed by atoms with Gasteiger partial charge in [0.1, 0.15) is 12.2 Å². The fourth-order valence-electron chi connectivity index (χ4n) is 3.40. The normalized spacial score (nSPS) is 20.8. The molecular weight excluding hydrogens is 304 g/mol. The Morgan fingerprint density at radius 1 is 1.54 bits per heavy atom. The Morgan fingerprint density at radius 3 is 3.08 bits per heavy atom. The number of piperidine rings is 1. The first-order valence-electron chi connectivity index (χ1n) is 8.20. The summed E-state index contributed by atoms with van der Waals surface area (Å²) in [6.45, 7) is 5.53. The van der Waals surface area contributed by atoms with Crippen LogP contribution < -0.4 is 4.90 Å². The minimum atomic E-state index is -0.0852. The number of likely N-dealkylation sites (N-methyl/N-ethyl adjacent to an activating group) is 1. The molecule has 2 atom stereocenters. The van der Waals surface area contributed by atoms with E-state index in [0.29, 0.717) is 12.5 Å². The molecule has 1 fully saturated rings. The summed E-state index contributed by atoms with van der Waals surface area (Å²) in [4.78, 5) is 20.6. The number of aromatic nitrogens is 3. The van der Waals surface area contributed by atoms with Crippen LogP contribution in [0.5, 0.6) is 0 Å². The lowest BCUT2D eigenvalue weighted by molar-refractivity contribution is -0.131. The fourth-order valence-corrected chi connectivity index (χ4v) is 3.40. The van der Waals surface area contributed by atoms with Crippen LogP contribution in [0.4, 0.5) is 5.82 Å². The number of anilines is 1. The zero-order valence-corrected chi connectivity index (χ0v) is 14.3. The molecule has 3 heterocycles. The Morgan fingerprint density at radius 2 is 2.33 bits per heavy atom. The molecule has 0 N–H and O–H groups in total. The average molecular weight is 326 g/mol. The quantitative estimate of drug-likeness (QED) is 0.856. The summed E-state index contributed by atoms with van der Waals surface area (Å²) < 4.78 is 1.83. The molecule has 0 aromatic carbocycles. The minimum Gasteiger partial charge on any atom is -0.354 e. The zero-order chi connectivity index (χ0) is 17.3. The molecule has 0 aliphatic carbocycles. The second-order valence-electron chi connectivity index (χ2n) is 6.48. The van der Waals surface area contributed by atoms with Gasteiger partial charge in [0.15, 0.2) is 5.65 Å². The molecule has 1 aliphatic heterocycles. The van der Waals surface area contributed by atoms with Gasteiger partial charge >= 0.3 is 0 Å². The number of amides is 1. The van der Waals surface area contributed by atoms with E-state index in [9.17, 15) is 4.79 Å². The molecule has 3 rings (SSSR count). The highest BCUT2D eigenvalue weighted by Gasteiger charge is 2.32. The van der Waals surface area contributed by atoms with Crippen molar-refractivity contribution in [1.29, 1.82) is 5.26 Å². The molecule has 126 valence electrons. The third-order valence-electron chi connectivity index (χ3n) is 4.83. The number of rotatable bonds is 3. The number of nitrogens with zero attached hydrogens (tertiary/aromatic N) is 6. The first-order chi connectivity index (χ1) is 11.5. The number of carbonyl (C=O) groups is 1. The standard InChI is InChI=1S/C17H22N6O/c1-12-6-9-22(17(24)4-7-18)11-14(12)21(3)16-10-13(2)20-15-5-8-19-23(15)16/h5,8,10,12,14H,4,6,9,11H2,1-3H3. The van der Waals surface area contributed by atoms with Gasteiger partial charge in [-0.2, -0.15) is 14.9 Å². The van der Waals surface area contributed by atoms with Gasteiger partial charge in [-0.25, -0.2) is 4.98 Å². The Balaban J connectivity index is 1.89. The largest absolute Gasteiger partial charge is 0.354 e. The van der Waals surface area contributed by atoms with Gasteiger partial charge in [-0.05, 0) is 19.3 Å². The molecule has 0 saturated carbocycles. The number of fused-ring (bicyclic) bond motifs is 1. The number of hydrogen-bond acceptors (Lipinski definition) is 5. The van der Waals surface area contributed by atoms with Gasteiger partial charge in [-0.15, -0.1) is 0 Å². The van der Waals surface area contributed by atoms with Gasteiger partial charge in [0.25, 0.3) is 0 Å². The van der Waals surface area contributed by atoms with Crippen molar-refractivity contribution in [3.05, 3.63) is 24.0 Å². The van der Waals surface area contributed by atoms with Gasteiger partial charge in [0.05, 0.1) is 18.3 Å². The van der Waals surface area contributed by atoms with Crippen LogP contribution in [0.3, 0.4) is 0 Å². The molecule has 1 amide bonds. The lowest BCUT2D eigenvalue weighted by Crippen LogP contribution is -2.53. The predicted molar refractivity (Wildman–Crippen MR) is 90.5 cm³/mol. The highest BCUT2D eigenvalue weighted by atomic mass is 16.2. The maximum atomic E-state index is 12.1. The number of aryl methyl sites for hydroxylation is 1. The van der Waals surface area contributed by atoms with Crippen LogP contribution in [0.15, 0.2) is 18.3 Å². The summed E-state index contributed by atoms with van der Waals surface area (Å²) in [5.41, 5.74) is 1.75. The Labute approximate surface area is 141 Å². The molecule has 2 unspecified atom stereocenters. The Bertz CT molecular complexity index is 792. The van der Waals surface area contributed by atoms with Crippen molar-refractivity contribution in [3.63, 3.8) is 0 Å². The predicted octanol–water partition coefficient (Wildman–Crippen LogP) is 1.62. The first kappa shape index (κ1) is 16.2.